The maximum atomic E-state index is 12.2. The van der Waals surface area contributed by atoms with Crippen molar-refractivity contribution in [3.8, 4) is 0 Å². The Morgan fingerprint density at radius 1 is 1.36 bits per heavy atom. The molecule has 6 heteroatoms. The van der Waals surface area contributed by atoms with Crippen molar-refractivity contribution in [2.75, 3.05) is 26.0 Å². The van der Waals surface area contributed by atoms with Crippen molar-refractivity contribution >= 4 is 28.9 Å². The van der Waals surface area contributed by atoms with E-state index < -0.39 is 5.97 Å². The molecule has 0 aliphatic heterocycles. The Kier molecular flexibility index (Phi) is 5.97. The van der Waals surface area contributed by atoms with Crippen LogP contribution in [0.4, 0.5) is 5.69 Å². The van der Waals surface area contributed by atoms with Crippen LogP contribution in [0.3, 0.4) is 0 Å². The number of hydrogen-bond acceptors (Lipinski definition) is 5. The lowest BCUT2D eigenvalue weighted by Crippen LogP contribution is -2.40. The molecule has 1 aliphatic rings. The van der Waals surface area contributed by atoms with E-state index in [-0.39, 0.29) is 5.91 Å². The molecular weight excluding hydrogens is 300 g/mol. The average molecular weight is 324 g/mol. The van der Waals surface area contributed by atoms with Crippen LogP contribution in [0.2, 0.25) is 0 Å². The second-order valence-corrected chi connectivity index (χ2v) is 6.95. The molecule has 0 bridgehead atoms. The van der Waals surface area contributed by atoms with Gasteiger partial charge in [-0.25, -0.2) is 4.79 Å². The molecule has 0 spiro atoms. The summed E-state index contributed by atoms with van der Waals surface area (Å²) in [7, 11) is 3.33. The number of likely N-dealkylation sites (N-methyl/N-ethyl adjacent to an activating group) is 1. The Labute approximate surface area is 135 Å². The molecule has 1 saturated carbocycles. The van der Waals surface area contributed by atoms with Gasteiger partial charge in [0.1, 0.15) is 4.88 Å². The average Bonchev–Trinajstić information content (AvgIpc) is 2.95. The van der Waals surface area contributed by atoms with Gasteiger partial charge in [0, 0.05) is 6.04 Å². The number of rotatable bonds is 5. The molecule has 0 atom stereocenters. The van der Waals surface area contributed by atoms with E-state index in [1.165, 1.54) is 31.3 Å². The minimum absolute atomic E-state index is 0.0929. The predicted octanol–water partition coefficient (Wildman–Crippen LogP) is 2.98. The largest absolute Gasteiger partial charge is 0.465 e. The molecule has 22 heavy (non-hydrogen) atoms. The number of esters is 1. The first-order valence-corrected chi connectivity index (χ1v) is 8.55. The highest BCUT2D eigenvalue weighted by Gasteiger charge is 2.23. The SMILES string of the molecule is COC(=O)c1sccc1NC(=O)CN(C)C1CCC(C)CC1. The van der Waals surface area contributed by atoms with E-state index in [0.717, 1.165) is 18.8 Å². The van der Waals surface area contributed by atoms with Gasteiger partial charge in [0.15, 0.2) is 0 Å². The van der Waals surface area contributed by atoms with E-state index in [0.29, 0.717) is 23.2 Å². The molecule has 2 rings (SSSR count). The number of nitrogens with one attached hydrogen (secondary N) is 1. The van der Waals surface area contributed by atoms with Crippen LogP contribution in [-0.2, 0) is 9.53 Å². The van der Waals surface area contributed by atoms with Crippen LogP contribution >= 0.6 is 11.3 Å². The minimum atomic E-state index is -0.417. The second-order valence-electron chi connectivity index (χ2n) is 6.03. The summed E-state index contributed by atoms with van der Waals surface area (Å²) in [6.45, 7) is 2.63. The molecule has 1 amide bonds. The van der Waals surface area contributed by atoms with Gasteiger partial charge in [-0.3, -0.25) is 9.69 Å². The summed E-state index contributed by atoms with van der Waals surface area (Å²) in [6.07, 6.45) is 4.76. The van der Waals surface area contributed by atoms with Crippen molar-refractivity contribution in [1.82, 2.24) is 4.90 Å². The second kappa shape index (κ2) is 7.74. The molecule has 0 aromatic carbocycles. The third-order valence-corrected chi connectivity index (χ3v) is 5.21. The van der Waals surface area contributed by atoms with E-state index >= 15 is 0 Å². The zero-order valence-electron chi connectivity index (χ0n) is 13.4. The molecule has 1 heterocycles. The topological polar surface area (TPSA) is 58.6 Å². The Hall–Kier alpha value is -1.40. The quantitative estimate of drug-likeness (QED) is 0.846. The Morgan fingerprint density at radius 2 is 2.05 bits per heavy atom. The summed E-state index contributed by atoms with van der Waals surface area (Å²) < 4.78 is 4.71. The third kappa shape index (κ3) is 4.30. The summed E-state index contributed by atoms with van der Waals surface area (Å²) in [6, 6.07) is 2.21. The first kappa shape index (κ1) is 17.0. The van der Waals surface area contributed by atoms with E-state index in [4.69, 9.17) is 4.74 Å². The highest BCUT2D eigenvalue weighted by molar-refractivity contribution is 7.12. The lowest BCUT2D eigenvalue weighted by molar-refractivity contribution is -0.117. The number of amides is 1. The predicted molar refractivity (Wildman–Crippen MR) is 88.3 cm³/mol. The van der Waals surface area contributed by atoms with Crippen molar-refractivity contribution in [2.45, 2.75) is 38.6 Å². The van der Waals surface area contributed by atoms with Gasteiger partial charge in [-0.15, -0.1) is 11.3 Å². The van der Waals surface area contributed by atoms with Crippen LogP contribution in [0.15, 0.2) is 11.4 Å². The van der Waals surface area contributed by atoms with Crippen molar-refractivity contribution < 1.29 is 14.3 Å². The molecular formula is C16H24N2O3S. The molecule has 0 unspecified atom stereocenters. The van der Waals surface area contributed by atoms with Gasteiger partial charge in [-0.05, 0) is 50.1 Å². The van der Waals surface area contributed by atoms with Gasteiger partial charge in [-0.2, -0.15) is 0 Å². The van der Waals surface area contributed by atoms with Crippen LogP contribution in [0.1, 0.15) is 42.3 Å². The van der Waals surface area contributed by atoms with Crippen LogP contribution in [0, 0.1) is 5.92 Å². The van der Waals surface area contributed by atoms with E-state index in [1.54, 1.807) is 11.4 Å². The molecule has 122 valence electrons. The standard InChI is InChI=1S/C16H24N2O3S/c1-11-4-6-12(7-5-11)18(2)10-14(19)17-13-8-9-22-15(13)16(20)21-3/h8-9,11-12H,4-7,10H2,1-3H3,(H,17,19). The molecule has 1 N–H and O–H groups in total. The fourth-order valence-corrected chi connectivity index (χ4v) is 3.65. The maximum Gasteiger partial charge on any atom is 0.350 e. The molecule has 0 saturated heterocycles. The molecule has 1 aliphatic carbocycles. The van der Waals surface area contributed by atoms with Crippen LogP contribution in [0.5, 0.6) is 0 Å². The van der Waals surface area contributed by atoms with Crippen molar-refractivity contribution in [2.24, 2.45) is 5.92 Å². The van der Waals surface area contributed by atoms with Gasteiger partial charge < -0.3 is 10.1 Å². The van der Waals surface area contributed by atoms with Gasteiger partial charge in [-0.1, -0.05) is 6.92 Å². The molecule has 1 aromatic rings. The number of hydrogen-bond donors (Lipinski definition) is 1. The van der Waals surface area contributed by atoms with Gasteiger partial charge in [0.2, 0.25) is 5.91 Å². The highest BCUT2D eigenvalue weighted by atomic mass is 32.1. The van der Waals surface area contributed by atoms with E-state index in [9.17, 15) is 9.59 Å². The summed E-state index contributed by atoms with van der Waals surface area (Å²) in [5, 5.41) is 4.59. The lowest BCUT2D eigenvalue weighted by atomic mass is 9.87. The number of ether oxygens (including phenoxy) is 1. The van der Waals surface area contributed by atoms with E-state index in [1.807, 2.05) is 7.05 Å². The zero-order chi connectivity index (χ0) is 16.1. The minimum Gasteiger partial charge on any atom is -0.465 e. The van der Waals surface area contributed by atoms with Crippen LogP contribution in [0.25, 0.3) is 0 Å². The van der Waals surface area contributed by atoms with Gasteiger partial charge >= 0.3 is 5.97 Å². The first-order chi connectivity index (χ1) is 10.5. The maximum absolute atomic E-state index is 12.2. The number of nitrogens with zero attached hydrogens (tertiary/aromatic N) is 1. The summed E-state index contributed by atoms with van der Waals surface area (Å²) in [5.41, 5.74) is 0.535. The zero-order valence-corrected chi connectivity index (χ0v) is 14.2. The molecule has 1 aromatic heterocycles. The fourth-order valence-electron chi connectivity index (χ4n) is 2.89. The number of carbonyl (C=O) groups is 2. The van der Waals surface area contributed by atoms with E-state index in [2.05, 4.69) is 17.1 Å². The number of thiophene rings is 1. The summed E-state index contributed by atoms with van der Waals surface area (Å²) >= 11 is 1.27. The van der Waals surface area contributed by atoms with Crippen LogP contribution < -0.4 is 5.32 Å². The Bertz CT molecular complexity index is 521. The first-order valence-electron chi connectivity index (χ1n) is 7.67. The highest BCUT2D eigenvalue weighted by Crippen LogP contribution is 2.27. The number of anilines is 1. The molecule has 1 fully saturated rings. The van der Waals surface area contributed by atoms with Crippen LogP contribution in [-0.4, -0.2) is 43.5 Å². The number of methoxy groups -OCH3 is 1. The number of carbonyl (C=O) groups excluding carboxylic acids is 2. The molecule has 5 nitrogen and oxygen atoms in total. The van der Waals surface area contributed by atoms with Crippen molar-refractivity contribution in [1.29, 1.82) is 0 Å². The lowest BCUT2D eigenvalue weighted by Gasteiger charge is -2.33. The molecule has 0 radical (unpaired) electrons. The normalized spacial score (nSPS) is 21.6. The van der Waals surface area contributed by atoms with Gasteiger partial charge in [0.05, 0.1) is 19.3 Å². The summed E-state index contributed by atoms with van der Waals surface area (Å²) in [4.78, 5) is 26.3. The Balaban J connectivity index is 1.88. The smallest absolute Gasteiger partial charge is 0.350 e. The summed E-state index contributed by atoms with van der Waals surface area (Å²) in [5.74, 6) is 0.288. The fraction of sp³-hybridized carbons (Fsp3) is 0.625. The van der Waals surface area contributed by atoms with Gasteiger partial charge in [0.25, 0.3) is 0 Å². The Morgan fingerprint density at radius 3 is 2.68 bits per heavy atom. The monoisotopic (exact) mass is 324 g/mol. The van der Waals surface area contributed by atoms with Crippen molar-refractivity contribution in [3.63, 3.8) is 0 Å². The third-order valence-electron chi connectivity index (χ3n) is 4.31. The van der Waals surface area contributed by atoms with Crippen molar-refractivity contribution in [3.05, 3.63) is 16.3 Å².